The molecule has 4 fully saturated rings. The number of nitrogens with zero attached hydrogens (tertiary/aromatic N) is 1. The van der Waals surface area contributed by atoms with Gasteiger partial charge in [-0.2, -0.15) is 8.42 Å². The second-order valence-electron chi connectivity index (χ2n) is 17.3. The zero-order chi connectivity index (χ0) is 36.4. The van der Waals surface area contributed by atoms with Crippen LogP contribution in [0.1, 0.15) is 113 Å². The lowest BCUT2D eigenvalue weighted by molar-refractivity contribution is -0.201. The van der Waals surface area contributed by atoms with Gasteiger partial charge in [0.25, 0.3) is 0 Å². The first-order valence-corrected chi connectivity index (χ1v) is 20.5. The average molecular weight is 713 g/mol. The van der Waals surface area contributed by atoms with E-state index in [0.717, 1.165) is 70.9 Å². The van der Waals surface area contributed by atoms with Gasteiger partial charge < -0.3 is 21.5 Å². The molecule has 0 aromatic carbocycles. The molecule has 4 rings (SSSR count). The Morgan fingerprint density at radius 1 is 0.939 bits per heavy atom. The highest BCUT2D eigenvalue weighted by atomic mass is 32.3. The molecule has 0 aromatic rings. The van der Waals surface area contributed by atoms with Gasteiger partial charge in [0, 0.05) is 58.0 Å². The zero-order valence-corrected chi connectivity index (χ0v) is 32.2. The van der Waals surface area contributed by atoms with E-state index in [1.54, 1.807) is 0 Å². The third-order valence-corrected chi connectivity index (χ3v) is 14.8. The van der Waals surface area contributed by atoms with Crippen molar-refractivity contribution in [2.75, 3.05) is 39.3 Å². The summed E-state index contributed by atoms with van der Waals surface area (Å²) in [7, 11) is -4.52. The Hall–Kier alpha value is -1.31. The Morgan fingerprint density at radius 3 is 2.20 bits per heavy atom. The van der Waals surface area contributed by atoms with Crippen molar-refractivity contribution in [3.8, 4) is 0 Å². The van der Waals surface area contributed by atoms with E-state index in [2.05, 4.69) is 51.8 Å². The van der Waals surface area contributed by atoms with E-state index < -0.39 is 16.5 Å². The van der Waals surface area contributed by atoms with Crippen LogP contribution in [0.5, 0.6) is 0 Å². The summed E-state index contributed by atoms with van der Waals surface area (Å²) in [5, 5.41) is 3.29. The molecular formula is C37H68N4O7S. The van der Waals surface area contributed by atoms with Crippen LogP contribution in [0, 0.1) is 57.7 Å². The van der Waals surface area contributed by atoms with E-state index in [-0.39, 0.29) is 63.8 Å². The van der Waals surface area contributed by atoms with Crippen LogP contribution < -0.4 is 16.8 Å². The van der Waals surface area contributed by atoms with Crippen molar-refractivity contribution >= 4 is 22.3 Å². The predicted molar refractivity (Wildman–Crippen MR) is 191 cm³/mol. The maximum atomic E-state index is 14.3. The van der Waals surface area contributed by atoms with Crippen LogP contribution in [0.2, 0.25) is 0 Å². The molecule has 0 bridgehead atoms. The van der Waals surface area contributed by atoms with Gasteiger partial charge >= 0.3 is 16.4 Å². The first-order chi connectivity index (χ1) is 22.9. The average Bonchev–Trinajstić information content (AvgIpc) is 3.28. The summed E-state index contributed by atoms with van der Waals surface area (Å²) in [4.78, 5) is 29.1. The quantitative estimate of drug-likeness (QED) is 0.129. The molecule has 11 nitrogen and oxygen atoms in total. The van der Waals surface area contributed by atoms with Gasteiger partial charge in [0.15, 0.2) is 0 Å². The van der Waals surface area contributed by atoms with E-state index in [1.165, 1.54) is 6.92 Å². The molecule has 12 heteroatoms. The summed E-state index contributed by atoms with van der Waals surface area (Å²) in [6, 6.07) is 0. The molecule has 0 radical (unpaired) electrons. The number of nitrogens with two attached hydrogens (primary N) is 2. The number of hydrogen-bond donors (Lipinski definition) is 4. The highest BCUT2D eigenvalue weighted by Gasteiger charge is 2.70. The lowest BCUT2D eigenvalue weighted by Gasteiger charge is -2.68. The van der Waals surface area contributed by atoms with E-state index in [4.69, 9.17) is 20.4 Å². The van der Waals surface area contributed by atoms with Gasteiger partial charge in [-0.3, -0.25) is 19.0 Å². The van der Waals surface area contributed by atoms with Crippen molar-refractivity contribution < 1.29 is 31.5 Å². The second-order valence-corrected chi connectivity index (χ2v) is 18.3. The molecule has 6 N–H and O–H groups in total. The van der Waals surface area contributed by atoms with Crippen LogP contribution in [0.3, 0.4) is 0 Å². The fourth-order valence-corrected chi connectivity index (χ4v) is 12.5. The van der Waals surface area contributed by atoms with E-state index in [1.807, 2.05) is 0 Å². The fraction of sp³-hybridized carbons (Fsp3) is 0.946. The number of fused-ring (bicyclic) bond motifs is 5. The molecule has 0 saturated heterocycles. The molecule has 284 valence electrons. The minimum Gasteiger partial charge on any atom is -0.462 e. The summed E-state index contributed by atoms with van der Waals surface area (Å²) >= 11 is 0. The number of ether oxygens (including phenoxy) is 1. The smallest absolute Gasteiger partial charge is 0.397 e. The number of amides is 1. The van der Waals surface area contributed by atoms with Crippen molar-refractivity contribution in [1.82, 2.24) is 10.2 Å². The maximum Gasteiger partial charge on any atom is 0.397 e. The highest BCUT2D eigenvalue weighted by molar-refractivity contribution is 7.80. The van der Waals surface area contributed by atoms with Gasteiger partial charge in [-0.25, -0.2) is 4.18 Å². The molecule has 0 spiro atoms. The van der Waals surface area contributed by atoms with E-state index in [9.17, 15) is 22.6 Å². The van der Waals surface area contributed by atoms with Gasteiger partial charge in [-0.15, -0.1) is 0 Å². The predicted octanol–water partition coefficient (Wildman–Crippen LogP) is 4.79. The Bertz CT molecular complexity index is 1240. The van der Waals surface area contributed by atoms with Gasteiger partial charge in [0.2, 0.25) is 5.91 Å². The van der Waals surface area contributed by atoms with Crippen LogP contribution >= 0.6 is 0 Å². The Kier molecular flexibility index (Phi) is 13.3. The molecule has 0 aromatic heterocycles. The molecular weight excluding hydrogens is 644 g/mol. The summed E-state index contributed by atoms with van der Waals surface area (Å²) in [6.07, 6.45) is 8.00. The molecule has 0 aliphatic heterocycles. The van der Waals surface area contributed by atoms with Crippen LogP contribution in [0.25, 0.3) is 0 Å². The molecule has 4 aliphatic carbocycles. The molecule has 11 atom stereocenters. The van der Waals surface area contributed by atoms with E-state index in [0.29, 0.717) is 44.4 Å². The second kappa shape index (κ2) is 16.1. The van der Waals surface area contributed by atoms with Gasteiger partial charge in [0.05, 0.1) is 6.10 Å². The number of rotatable bonds is 16. The first kappa shape index (κ1) is 40.5. The lowest BCUT2D eigenvalue weighted by atomic mass is 9.37. The number of nitrogens with one attached hydrogen (secondary N) is 1. The Labute approximate surface area is 296 Å². The molecule has 3 unspecified atom stereocenters. The van der Waals surface area contributed by atoms with Gasteiger partial charge in [-0.1, -0.05) is 54.4 Å². The standard InChI is InChI=1S/C37H68N4O7S/c1-24(2)9-8-10-27(34(43)40-19-22-41(20-17-38)21-18-39)33-29-11-12-32-35(5)15-14-30(48-49(44,45)46)25(3)28(35)13-16-36(32,6)37(29,7)23-31(33)47-26(4)42/h24-25,27-33H,8-23,38-39H2,1-7H3,(H,40,43)(H,44,45,46)/t25-,27-,28?,29?,30+,31-,32?,33-,35-,36-,37-/m0/s1. The number of carbonyl (C=O) groups is 2. The van der Waals surface area contributed by atoms with Crippen LogP contribution in [-0.2, 0) is 28.9 Å². The third-order valence-electron chi connectivity index (χ3n) is 14.3. The largest absolute Gasteiger partial charge is 0.462 e. The number of hydrogen-bond acceptors (Lipinski definition) is 9. The summed E-state index contributed by atoms with van der Waals surface area (Å²) in [5.74, 6) is 0.893. The highest BCUT2D eigenvalue weighted by Crippen LogP contribution is 2.75. The lowest BCUT2D eigenvalue weighted by Crippen LogP contribution is -2.62. The van der Waals surface area contributed by atoms with Crippen molar-refractivity contribution in [3.63, 3.8) is 0 Å². The van der Waals surface area contributed by atoms with Crippen molar-refractivity contribution in [3.05, 3.63) is 0 Å². The number of esters is 1. The van der Waals surface area contributed by atoms with Crippen LogP contribution in [0.15, 0.2) is 0 Å². The van der Waals surface area contributed by atoms with Crippen molar-refractivity contribution in [2.45, 2.75) is 125 Å². The molecule has 4 aliphatic rings. The normalized spacial score (nSPS) is 38.1. The monoisotopic (exact) mass is 712 g/mol. The van der Waals surface area contributed by atoms with Crippen LogP contribution in [-0.4, -0.2) is 81.2 Å². The summed E-state index contributed by atoms with van der Waals surface area (Å²) in [6.45, 7) is 19.0. The first-order valence-electron chi connectivity index (χ1n) is 19.1. The molecule has 1 amide bonds. The SMILES string of the molecule is CC(=O)O[C@H]1C[C@@]2(C)C(CCC3[C@@]4(C)CC[C@@H](OS(=O)(=O)O)[C@@H](C)C4CC[C@@]32C)[C@@H]1[C@H](CCCC(C)C)C(=O)NCCN(CCN)CCN. The minimum atomic E-state index is -4.52. The molecule has 0 heterocycles. The van der Waals surface area contributed by atoms with E-state index >= 15 is 0 Å². The van der Waals surface area contributed by atoms with Crippen molar-refractivity contribution in [1.29, 1.82) is 0 Å². The van der Waals surface area contributed by atoms with Crippen molar-refractivity contribution in [2.24, 2.45) is 69.1 Å². The number of carbonyl (C=O) groups excluding carboxylic acids is 2. The summed E-state index contributed by atoms with van der Waals surface area (Å²) in [5.41, 5.74) is 11.4. The fourth-order valence-electron chi connectivity index (χ4n) is 12.0. The molecule has 4 saturated carbocycles. The van der Waals surface area contributed by atoms with Crippen LogP contribution in [0.4, 0.5) is 0 Å². The topological polar surface area (TPSA) is 174 Å². The molecule has 49 heavy (non-hydrogen) atoms. The van der Waals surface area contributed by atoms with Gasteiger partial charge in [-0.05, 0) is 97.2 Å². The Balaban J connectivity index is 1.63. The third kappa shape index (κ3) is 8.51. The van der Waals surface area contributed by atoms with Gasteiger partial charge in [0.1, 0.15) is 6.10 Å². The maximum absolute atomic E-state index is 14.3. The zero-order valence-electron chi connectivity index (χ0n) is 31.4. The Morgan fingerprint density at radius 2 is 1.61 bits per heavy atom. The summed E-state index contributed by atoms with van der Waals surface area (Å²) < 4.78 is 44.2. The minimum absolute atomic E-state index is 0.000498.